The molecule has 0 atom stereocenters. The minimum Gasteiger partial charge on any atom is -0.456 e. The van der Waals surface area contributed by atoms with Crippen molar-refractivity contribution in [1.82, 2.24) is 0 Å². The van der Waals surface area contributed by atoms with Crippen LogP contribution in [0.5, 0.6) is 0 Å². The predicted octanol–water partition coefficient (Wildman–Crippen LogP) is 18.3. The maximum atomic E-state index is 7.06. The number of para-hydroxylation sites is 2. The van der Waals surface area contributed by atoms with Crippen molar-refractivity contribution in [2.45, 2.75) is 0 Å². The monoisotopic (exact) mass is 856 g/mol. The number of rotatable bonds is 10. The fraction of sp³-hybridized carbons (Fsp3) is 0. The molecule has 0 N–H and O–H groups in total. The average Bonchev–Trinajstić information content (AvgIpc) is 3.77. The molecule has 1 aromatic heterocycles. The van der Waals surface area contributed by atoms with Crippen LogP contribution in [-0.4, -0.2) is 0 Å². The Balaban J connectivity index is 1.11. The first-order chi connectivity index (χ1) is 33.2. The zero-order chi connectivity index (χ0) is 44.5. The van der Waals surface area contributed by atoms with E-state index in [1.165, 1.54) is 22.3 Å². The van der Waals surface area contributed by atoms with E-state index in [9.17, 15) is 0 Å². The van der Waals surface area contributed by atoms with Gasteiger partial charge in [-0.05, 0) is 110 Å². The Hall–Kier alpha value is -8.92. The van der Waals surface area contributed by atoms with E-state index >= 15 is 0 Å². The molecule has 0 aliphatic carbocycles. The second-order valence-corrected chi connectivity index (χ2v) is 16.9. The topological polar surface area (TPSA) is 19.6 Å². The van der Waals surface area contributed by atoms with Gasteiger partial charge in [0.15, 0.2) is 0 Å². The fourth-order valence-electron chi connectivity index (χ4n) is 9.65. The van der Waals surface area contributed by atoms with Gasteiger partial charge >= 0.3 is 0 Å². The third-order valence-electron chi connectivity index (χ3n) is 12.8. The highest BCUT2D eigenvalue weighted by Crippen LogP contribution is 2.49. The van der Waals surface area contributed by atoms with Crippen molar-refractivity contribution < 1.29 is 4.42 Å². The molecule has 0 fully saturated rings. The van der Waals surface area contributed by atoms with E-state index in [0.717, 1.165) is 89.1 Å². The Morgan fingerprint density at radius 2 is 0.672 bits per heavy atom. The van der Waals surface area contributed by atoms with Gasteiger partial charge in [-0.25, -0.2) is 0 Å². The SMILES string of the molecule is c1ccc(-c2ccc(N(c3cc(N(c4ccccc4)c4ccc(-c5ccccc5-c5ccccc5)cc4)c4c(c3)oc3cc5ccccc5cc34)c3ccccc3-c3ccccc3)cc2)cc1. The minimum absolute atomic E-state index is 0.801. The molecule has 0 spiro atoms. The van der Waals surface area contributed by atoms with E-state index in [0.29, 0.717) is 0 Å². The van der Waals surface area contributed by atoms with Crippen molar-refractivity contribution in [2.24, 2.45) is 0 Å². The normalized spacial score (nSPS) is 11.3. The zero-order valence-electron chi connectivity index (χ0n) is 36.7. The van der Waals surface area contributed by atoms with Gasteiger partial charge < -0.3 is 14.2 Å². The highest BCUT2D eigenvalue weighted by molar-refractivity contribution is 6.17. The summed E-state index contributed by atoms with van der Waals surface area (Å²) in [6, 6.07) is 95.5. The largest absolute Gasteiger partial charge is 0.456 e. The Morgan fingerprint density at radius 3 is 1.28 bits per heavy atom. The predicted molar refractivity (Wildman–Crippen MR) is 282 cm³/mol. The first-order valence-electron chi connectivity index (χ1n) is 22.8. The van der Waals surface area contributed by atoms with Crippen molar-refractivity contribution in [3.8, 4) is 44.5 Å². The molecule has 0 aliphatic rings. The quantitative estimate of drug-likeness (QED) is 0.137. The summed E-state index contributed by atoms with van der Waals surface area (Å²) < 4.78 is 7.06. The lowest BCUT2D eigenvalue weighted by Crippen LogP contribution is -2.14. The Kier molecular flexibility index (Phi) is 10.2. The van der Waals surface area contributed by atoms with Gasteiger partial charge in [-0.1, -0.05) is 200 Å². The molecule has 0 unspecified atom stereocenters. The molecule has 0 saturated carbocycles. The molecule has 11 aromatic carbocycles. The van der Waals surface area contributed by atoms with Gasteiger partial charge in [-0.3, -0.25) is 0 Å². The van der Waals surface area contributed by atoms with E-state index in [4.69, 9.17) is 4.42 Å². The molecule has 0 bridgehead atoms. The Morgan fingerprint density at radius 1 is 0.254 bits per heavy atom. The molecular formula is C64H44N2O. The molecule has 12 rings (SSSR count). The smallest absolute Gasteiger partial charge is 0.139 e. The van der Waals surface area contributed by atoms with Crippen LogP contribution >= 0.6 is 0 Å². The molecular weight excluding hydrogens is 813 g/mol. The van der Waals surface area contributed by atoms with Gasteiger partial charge in [0.1, 0.15) is 11.2 Å². The highest BCUT2D eigenvalue weighted by Gasteiger charge is 2.25. The van der Waals surface area contributed by atoms with Crippen molar-refractivity contribution in [3.63, 3.8) is 0 Å². The average molecular weight is 857 g/mol. The van der Waals surface area contributed by atoms with Crippen LogP contribution in [0.15, 0.2) is 271 Å². The molecule has 0 aliphatic heterocycles. The molecule has 0 radical (unpaired) electrons. The summed E-state index contributed by atoms with van der Waals surface area (Å²) in [7, 11) is 0. The van der Waals surface area contributed by atoms with E-state index in [2.05, 4.69) is 277 Å². The number of furan rings is 1. The number of nitrogens with zero attached hydrogens (tertiary/aromatic N) is 2. The van der Waals surface area contributed by atoms with Gasteiger partial charge in [-0.2, -0.15) is 0 Å². The molecule has 3 heteroatoms. The van der Waals surface area contributed by atoms with Crippen LogP contribution in [0.3, 0.4) is 0 Å². The van der Waals surface area contributed by atoms with Crippen molar-refractivity contribution >= 4 is 66.8 Å². The minimum atomic E-state index is 0.801. The van der Waals surface area contributed by atoms with Crippen LogP contribution in [0, 0.1) is 0 Å². The van der Waals surface area contributed by atoms with E-state index in [1.54, 1.807) is 0 Å². The second kappa shape index (κ2) is 17.2. The molecule has 0 amide bonds. The van der Waals surface area contributed by atoms with Crippen LogP contribution in [-0.2, 0) is 0 Å². The number of hydrogen-bond donors (Lipinski definition) is 0. The maximum Gasteiger partial charge on any atom is 0.139 e. The summed E-state index contributed by atoms with van der Waals surface area (Å²) in [5.74, 6) is 0. The lowest BCUT2D eigenvalue weighted by Gasteiger charge is -2.31. The van der Waals surface area contributed by atoms with Gasteiger partial charge in [0, 0.05) is 34.1 Å². The second-order valence-electron chi connectivity index (χ2n) is 16.9. The lowest BCUT2D eigenvalue weighted by atomic mass is 9.94. The van der Waals surface area contributed by atoms with Crippen LogP contribution in [0.2, 0.25) is 0 Å². The first kappa shape index (κ1) is 39.7. The van der Waals surface area contributed by atoms with E-state index in [1.807, 2.05) is 0 Å². The number of fused-ring (bicyclic) bond motifs is 4. The third-order valence-corrected chi connectivity index (χ3v) is 12.8. The third kappa shape index (κ3) is 7.49. The summed E-state index contributed by atoms with van der Waals surface area (Å²) in [6.45, 7) is 0. The number of hydrogen-bond acceptors (Lipinski definition) is 3. The Labute approximate surface area is 390 Å². The van der Waals surface area contributed by atoms with Crippen LogP contribution in [0.25, 0.3) is 77.2 Å². The molecule has 67 heavy (non-hydrogen) atoms. The van der Waals surface area contributed by atoms with E-state index < -0.39 is 0 Å². The number of benzene rings is 11. The summed E-state index contributed by atoms with van der Waals surface area (Å²) in [6.07, 6.45) is 0. The van der Waals surface area contributed by atoms with Crippen molar-refractivity contribution in [2.75, 3.05) is 9.80 Å². The Bertz CT molecular complexity index is 3660. The van der Waals surface area contributed by atoms with Gasteiger partial charge in [-0.15, -0.1) is 0 Å². The van der Waals surface area contributed by atoms with Crippen LogP contribution in [0.4, 0.5) is 34.1 Å². The summed E-state index contributed by atoms with van der Waals surface area (Å²) in [4.78, 5) is 4.78. The van der Waals surface area contributed by atoms with Gasteiger partial charge in [0.2, 0.25) is 0 Å². The van der Waals surface area contributed by atoms with Crippen LogP contribution in [0.1, 0.15) is 0 Å². The van der Waals surface area contributed by atoms with Crippen molar-refractivity contribution in [3.05, 3.63) is 267 Å². The van der Waals surface area contributed by atoms with E-state index in [-0.39, 0.29) is 0 Å². The standard InChI is InChI=1S/C64H44N2O/c1-5-19-45(20-6-1)46-33-37-54(38-34-46)66(60-32-18-17-31-58(60)48-23-9-3-10-24-48)55-43-61(64-59-41-50-25-13-14-26-51(50)42-62(59)67-63(64)44-55)65(52-27-11-4-12-28-52)53-39-35-49(36-40-53)57-30-16-15-29-56(57)47-21-7-2-8-22-47/h1-44H. The maximum absolute atomic E-state index is 7.06. The molecule has 12 aromatic rings. The van der Waals surface area contributed by atoms with Crippen LogP contribution < -0.4 is 9.80 Å². The van der Waals surface area contributed by atoms with Crippen molar-refractivity contribution in [1.29, 1.82) is 0 Å². The zero-order valence-corrected chi connectivity index (χ0v) is 36.7. The molecule has 3 nitrogen and oxygen atoms in total. The summed E-state index contributed by atoms with van der Waals surface area (Å²) >= 11 is 0. The molecule has 316 valence electrons. The first-order valence-corrected chi connectivity index (χ1v) is 22.8. The highest BCUT2D eigenvalue weighted by atomic mass is 16.3. The summed E-state index contributed by atoms with van der Waals surface area (Å²) in [5.41, 5.74) is 17.1. The molecule has 0 saturated heterocycles. The number of anilines is 6. The molecule has 1 heterocycles. The van der Waals surface area contributed by atoms with Gasteiger partial charge in [0.25, 0.3) is 0 Å². The lowest BCUT2D eigenvalue weighted by molar-refractivity contribution is 0.669. The van der Waals surface area contributed by atoms with Gasteiger partial charge in [0.05, 0.1) is 22.4 Å². The summed E-state index contributed by atoms with van der Waals surface area (Å²) in [5, 5.41) is 4.41. The fourth-order valence-corrected chi connectivity index (χ4v) is 9.65.